The van der Waals surface area contributed by atoms with Gasteiger partial charge in [-0.1, -0.05) is 66.1 Å². The van der Waals surface area contributed by atoms with Gasteiger partial charge in [-0.3, -0.25) is 4.79 Å². The first-order valence-corrected chi connectivity index (χ1v) is 12.7. The van der Waals surface area contributed by atoms with Crippen LogP contribution in [0.3, 0.4) is 0 Å². The zero-order chi connectivity index (χ0) is 31.7. The Bertz CT molecular complexity index is 1320. The Morgan fingerprint density at radius 1 is 0.976 bits per heavy atom. The molecule has 1 amide bonds. The number of thiocarbonyl (C=S) groups is 1. The molecule has 226 valence electrons. The molecule has 41 heavy (non-hydrogen) atoms. The monoisotopic (exact) mass is 675 g/mol. The summed E-state index contributed by atoms with van der Waals surface area (Å²) < 4.78 is 136. The number of amides is 1. The molecule has 0 aliphatic carbocycles. The van der Waals surface area contributed by atoms with E-state index in [1.165, 1.54) is 0 Å². The highest BCUT2D eigenvalue weighted by Gasteiger charge is 2.41. The fraction of sp³-hybridized carbons (Fsp3) is 0.360. The number of hydrogen-bond donors (Lipinski definition) is 0. The number of benzene rings is 2. The minimum absolute atomic E-state index is 0.0423. The second kappa shape index (κ2) is 13.0. The van der Waals surface area contributed by atoms with Crippen molar-refractivity contribution in [2.75, 3.05) is 13.6 Å². The van der Waals surface area contributed by atoms with E-state index in [9.17, 15) is 44.3 Å². The largest absolute Gasteiger partial charge is 0.417 e. The molecule has 2 nitrogen and oxygen atoms in total. The quantitative estimate of drug-likeness (QED) is 0.120. The second-order valence-corrected chi connectivity index (χ2v) is 10.6. The van der Waals surface area contributed by atoms with E-state index >= 15 is 4.39 Å². The fourth-order valence-corrected chi connectivity index (χ4v) is 4.79. The van der Waals surface area contributed by atoms with Crippen molar-refractivity contribution in [1.29, 1.82) is 0 Å². The second-order valence-electron chi connectivity index (χ2n) is 8.93. The van der Waals surface area contributed by atoms with Gasteiger partial charge in [-0.15, -0.1) is 0 Å². The van der Waals surface area contributed by atoms with E-state index < -0.39 is 82.2 Å². The Morgan fingerprint density at radius 2 is 1.51 bits per heavy atom. The molecule has 0 aromatic heterocycles. The molecule has 0 heterocycles. The summed E-state index contributed by atoms with van der Waals surface area (Å²) in [6.07, 6.45) is -15.5. The highest BCUT2D eigenvalue weighted by Crippen LogP contribution is 2.43. The first-order chi connectivity index (χ1) is 18.5. The molecule has 0 spiro atoms. The lowest BCUT2D eigenvalue weighted by molar-refractivity contribution is -0.160. The fourth-order valence-electron chi connectivity index (χ4n) is 3.75. The van der Waals surface area contributed by atoms with Crippen molar-refractivity contribution in [1.82, 2.24) is 4.90 Å². The van der Waals surface area contributed by atoms with Gasteiger partial charge >= 0.3 is 18.5 Å². The topological polar surface area (TPSA) is 20.3 Å². The van der Waals surface area contributed by atoms with E-state index in [1.807, 2.05) is 0 Å². The number of carbonyl (C=O) groups is 1. The third kappa shape index (κ3) is 9.45. The van der Waals surface area contributed by atoms with E-state index in [0.29, 0.717) is 11.0 Å². The van der Waals surface area contributed by atoms with Crippen LogP contribution in [0.5, 0.6) is 0 Å². The Hall–Kier alpha value is -2.09. The summed E-state index contributed by atoms with van der Waals surface area (Å²) in [5, 5.41) is -0.995. The van der Waals surface area contributed by atoms with Crippen LogP contribution >= 0.6 is 47.0 Å². The smallest absolute Gasteiger partial charge is 0.336 e. The molecule has 0 saturated heterocycles. The number of alkyl halides is 9. The minimum atomic E-state index is -5.17. The maximum atomic E-state index is 15.0. The standard InChI is InChI=1S/C25H18Cl3F10NOS/c1-11(22(40)39(2)10-23(30,31)32)5-20(41)14-4-3-12(6-16(14)25(36,37)38)19(29)9-15(24(33,34)35)13-7-17(26)21(28)18(27)8-13/h3-4,6-9,11,15H,5,10H2,1-2H3/b19-9-/t11-,15?/m0/s1. The molecule has 0 aliphatic rings. The van der Waals surface area contributed by atoms with Crippen LogP contribution in [0.4, 0.5) is 43.9 Å². The maximum absolute atomic E-state index is 15.0. The summed E-state index contributed by atoms with van der Waals surface area (Å²) >= 11 is 22.3. The lowest BCUT2D eigenvalue weighted by atomic mass is 9.93. The molecule has 0 aliphatic heterocycles. The molecule has 2 aromatic carbocycles. The highest BCUT2D eigenvalue weighted by molar-refractivity contribution is 7.80. The van der Waals surface area contributed by atoms with E-state index in [1.54, 1.807) is 0 Å². The van der Waals surface area contributed by atoms with Crippen molar-refractivity contribution in [3.63, 3.8) is 0 Å². The SMILES string of the molecule is C[C@@H](CC(=S)c1ccc(/C(F)=C/C(c2cc(Cl)c(Cl)c(Cl)c2)C(F)(F)F)cc1C(F)(F)F)C(=O)N(C)CC(F)(F)F. The normalized spacial score (nSPS) is 14.6. The van der Waals surface area contributed by atoms with Gasteiger partial charge < -0.3 is 4.90 Å². The van der Waals surface area contributed by atoms with Gasteiger partial charge in [0.2, 0.25) is 5.91 Å². The molecule has 0 fully saturated rings. The van der Waals surface area contributed by atoms with Crippen molar-refractivity contribution < 1.29 is 48.7 Å². The maximum Gasteiger partial charge on any atom is 0.417 e. The van der Waals surface area contributed by atoms with Gasteiger partial charge in [0.05, 0.1) is 20.6 Å². The molecule has 2 aromatic rings. The van der Waals surface area contributed by atoms with Gasteiger partial charge in [0.15, 0.2) is 0 Å². The average Bonchev–Trinajstić information content (AvgIpc) is 2.82. The van der Waals surface area contributed by atoms with E-state index in [0.717, 1.165) is 32.2 Å². The molecule has 0 radical (unpaired) electrons. The van der Waals surface area contributed by atoms with Crippen molar-refractivity contribution in [3.8, 4) is 0 Å². The van der Waals surface area contributed by atoms with E-state index in [4.69, 9.17) is 47.0 Å². The van der Waals surface area contributed by atoms with Crippen LogP contribution in [0.1, 0.15) is 41.5 Å². The predicted octanol–water partition coefficient (Wildman–Crippen LogP) is 10.1. The summed E-state index contributed by atoms with van der Waals surface area (Å²) in [4.78, 5) is 12.1. The number of halogens is 13. The first-order valence-electron chi connectivity index (χ1n) is 11.2. The summed E-state index contributed by atoms with van der Waals surface area (Å²) in [5.41, 5.74) is -3.72. The third-order valence-electron chi connectivity index (χ3n) is 5.64. The van der Waals surface area contributed by atoms with Crippen molar-refractivity contribution in [2.24, 2.45) is 5.92 Å². The van der Waals surface area contributed by atoms with E-state index in [-0.39, 0.29) is 27.2 Å². The number of carbonyl (C=O) groups excluding carboxylic acids is 1. The van der Waals surface area contributed by atoms with Crippen LogP contribution in [0.15, 0.2) is 36.4 Å². The van der Waals surface area contributed by atoms with Gasteiger partial charge in [-0.05, 0) is 36.3 Å². The third-order valence-corrected chi connectivity index (χ3v) is 7.22. The first kappa shape index (κ1) is 35.1. The van der Waals surface area contributed by atoms with Crippen LogP contribution in [0.2, 0.25) is 15.1 Å². The van der Waals surface area contributed by atoms with Crippen LogP contribution in [-0.2, 0) is 11.0 Å². The van der Waals surface area contributed by atoms with Crippen molar-refractivity contribution in [2.45, 2.75) is 37.8 Å². The number of allylic oxidation sites excluding steroid dienone is 1. The minimum Gasteiger partial charge on any atom is -0.336 e. The Morgan fingerprint density at radius 3 is 1.98 bits per heavy atom. The molecular formula is C25H18Cl3F10NOS. The molecule has 16 heteroatoms. The molecule has 1 unspecified atom stereocenters. The molecular weight excluding hydrogens is 659 g/mol. The number of rotatable bonds is 8. The molecule has 0 bridgehead atoms. The molecule has 2 atom stereocenters. The number of hydrogen-bond acceptors (Lipinski definition) is 2. The predicted molar refractivity (Wildman–Crippen MR) is 140 cm³/mol. The Balaban J connectivity index is 2.47. The van der Waals surface area contributed by atoms with Gasteiger partial charge in [-0.2, -0.15) is 39.5 Å². The molecule has 2 rings (SSSR count). The van der Waals surface area contributed by atoms with Crippen molar-refractivity contribution in [3.05, 3.63) is 73.7 Å². The summed E-state index contributed by atoms with van der Waals surface area (Å²) in [6.45, 7) is -0.428. The lowest BCUT2D eigenvalue weighted by Crippen LogP contribution is -2.39. The van der Waals surface area contributed by atoms with Gasteiger partial charge in [0.25, 0.3) is 0 Å². The zero-order valence-corrected chi connectivity index (χ0v) is 23.8. The summed E-state index contributed by atoms with van der Waals surface area (Å²) in [7, 11) is 0.862. The summed E-state index contributed by atoms with van der Waals surface area (Å²) in [6, 6.07) is 3.28. The zero-order valence-electron chi connectivity index (χ0n) is 20.7. The van der Waals surface area contributed by atoms with Crippen LogP contribution < -0.4 is 0 Å². The van der Waals surface area contributed by atoms with Crippen LogP contribution in [0.25, 0.3) is 5.83 Å². The highest BCUT2D eigenvalue weighted by atomic mass is 35.5. The summed E-state index contributed by atoms with van der Waals surface area (Å²) in [5.74, 6) is -6.64. The Kier molecular flexibility index (Phi) is 11.2. The Labute approximate surface area is 247 Å². The van der Waals surface area contributed by atoms with Crippen LogP contribution in [-0.4, -0.2) is 41.6 Å². The van der Waals surface area contributed by atoms with Gasteiger partial charge in [0.1, 0.15) is 18.3 Å². The van der Waals surface area contributed by atoms with Crippen molar-refractivity contribution >= 4 is 63.6 Å². The van der Waals surface area contributed by atoms with Crippen LogP contribution in [0, 0.1) is 5.92 Å². The molecule has 0 saturated carbocycles. The van der Waals surface area contributed by atoms with Gasteiger partial charge in [-0.25, -0.2) is 4.39 Å². The lowest BCUT2D eigenvalue weighted by Gasteiger charge is -2.23. The molecule has 0 N–H and O–H groups in total. The van der Waals surface area contributed by atoms with E-state index in [2.05, 4.69) is 0 Å². The average molecular weight is 677 g/mol. The van der Waals surface area contributed by atoms with Gasteiger partial charge in [0, 0.05) is 29.0 Å². The number of nitrogens with zero attached hydrogens (tertiary/aromatic N) is 1.